The van der Waals surface area contributed by atoms with Gasteiger partial charge >= 0.3 is 0 Å². The molecule has 27 heavy (non-hydrogen) atoms. The Morgan fingerprint density at radius 1 is 1.04 bits per heavy atom. The van der Waals surface area contributed by atoms with Gasteiger partial charge in [-0.1, -0.05) is 6.07 Å². The number of piperidine rings is 1. The van der Waals surface area contributed by atoms with Gasteiger partial charge in [0, 0.05) is 62.2 Å². The Bertz CT molecular complexity index is 860. The van der Waals surface area contributed by atoms with Crippen molar-refractivity contribution in [1.29, 1.82) is 0 Å². The van der Waals surface area contributed by atoms with Crippen molar-refractivity contribution < 1.29 is 0 Å². The van der Waals surface area contributed by atoms with E-state index in [1.165, 1.54) is 47.8 Å². The van der Waals surface area contributed by atoms with E-state index in [2.05, 4.69) is 43.2 Å². The Kier molecular flexibility index (Phi) is 4.78. The number of fused-ring (bicyclic) bond motifs is 4. The van der Waals surface area contributed by atoms with Gasteiger partial charge in [0.05, 0.1) is 10.6 Å². The number of aromatic nitrogens is 3. The molecule has 0 spiro atoms. The summed E-state index contributed by atoms with van der Waals surface area (Å²) >= 11 is 1.89. The van der Waals surface area contributed by atoms with Gasteiger partial charge in [0.2, 0.25) is 0 Å². The van der Waals surface area contributed by atoms with Crippen LogP contribution in [0, 0.1) is 5.92 Å². The quantitative estimate of drug-likeness (QED) is 0.735. The lowest BCUT2D eigenvalue weighted by molar-refractivity contribution is 0.124. The fourth-order valence-electron chi connectivity index (χ4n) is 4.55. The topological polar surface area (TPSA) is 48.1 Å². The summed E-state index contributed by atoms with van der Waals surface area (Å²) in [5, 5.41) is 7.14. The number of aromatic amines is 1. The van der Waals surface area contributed by atoms with Gasteiger partial charge in [-0.3, -0.25) is 19.9 Å². The summed E-state index contributed by atoms with van der Waals surface area (Å²) in [6, 6.07) is 11.4. The number of thiophene rings is 1. The van der Waals surface area contributed by atoms with E-state index in [4.69, 9.17) is 0 Å². The van der Waals surface area contributed by atoms with Crippen molar-refractivity contribution in [3.8, 4) is 10.6 Å². The molecule has 3 fully saturated rings. The van der Waals surface area contributed by atoms with E-state index in [1.54, 1.807) is 0 Å². The molecule has 3 aromatic rings. The minimum atomic E-state index is 0.665. The van der Waals surface area contributed by atoms with Crippen molar-refractivity contribution in [2.24, 2.45) is 5.92 Å². The summed E-state index contributed by atoms with van der Waals surface area (Å²) in [4.78, 5) is 12.4. The lowest BCUT2D eigenvalue weighted by Gasteiger charge is -2.35. The number of hydrogen-bond acceptors (Lipinski definition) is 5. The summed E-state index contributed by atoms with van der Waals surface area (Å²) in [7, 11) is 0. The lowest BCUT2D eigenvalue weighted by Crippen LogP contribution is -2.43. The van der Waals surface area contributed by atoms with Crippen LogP contribution in [0.25, 0.3) is 10.6 Å². The van der Waals surface area contributed by atoms with Crippen LogP contribution in [0.15, 0.2) is 48.9 Å². The minimum absolute atomic E-state index is 0.665. The number of hydrogen-bond donors (Lipinski definition) is 1. The standard InChI is InChI=1S/C21H25N5S/c1-2-16(10-22-8-1)11-25-12-17-3-4-18(14-25)26(13-17)15-19-5-6-21(27-19)20-7-9-23-24-20/h1-2,5-10,17-18H,3-4,11-15H2,(H,23,24)/t17-,18+/m1/s1. The molecule has 3 aliphatic heterocycles. The van der Waals surface area contributed by atoms with Crippen LogP contribution in [0.5, 0.6) is 0 Å². The molecule has 0 aliphatic carbocycles. The minimum Gasteiger partial charge on any atom is -0.297 e. The predicted molar refractivity (Wildman–Crippen MR) is 108 cm³/mol. The van der Waals surface area contributed by atoms with Crippen molar-refractivity contribution in [3.05, 3.63) is 59.4 Å². The van der Waals surface area contributed by atoms with Gasteiger partial charge in [-0.15, -0.1) is 11.3 Å². The highest BCUT2D eigenvalue weighted by Crippen LogP contribution is 2.32. The van der Waals surface area contributed by atoms with E-state index >= 15 is 0 Å². The maximum absolute atomic E-state index is 4.28. The zero-order chi connectivity index (χ0) is 18.1. The third kappa shape index (κ3) is 3.83. The highest BCUT2D eigenvalue weighted by Gasteiger charge is 2.34. The molecule has 1 N–H and O–H groups in total. The summed E-state index contributed by atoms with van der Waals surface area (Å²) < 4.78 is 0. The Morgan fingerprint density at radius 2 is 2.04 bits per heavy atom. The van der Waals surface area contributed by atoms with Gasteiger partial charge < -0.3 is 0 Å². The number of nitrogens with one attached hydrogen (secondary N) is 1. The maximum atomic E-state index is 4.28. The number of H-pyrrole nitrogens is 1. The predicted octanol–water partition coefficient (Wildman–Crippen LogP) is 3.63. The Hall–Kier alpha value is -2.02. The first-order valence-electron chi connectivity index (χ1n) is 9.77. The summed E-state index contributed by atoms with van der Waals surface area (Å²) in [6.07, 6.45) is 8.38. The molecule has 6 heteroatoms. The molecule has 0 amide bonds. The molecule has 3 aliphatic rings. The Balaban J connectivity index is 1.26. The van der Waals surface area contributed by atoms with E-state index in [0.29, 0.717) is 6.04 Å². The van der Waals surface area contributed by atoms with Gasteiger partial charge in [0.25, 0.3) is 0 Å². The van der Waals surface area contributed by atoms with Crippen LogP contribution < -0.4 is 0 Å². The van der Waals surface area contributed by atoms with Crippen LogP contribution in [0.1, 0.15) is 23.3 Å². The van der Waals surface area contributed by atoms with Crippen LogP contribution in [0.3, 0.4) is 0 Å². The highest BCUT2D eigenvalue weighted by atomic mass is 32.1. The Labute approximate surface area is 164 Å². The third-order valence-electron chi connectivity index (χ3n) is 5.82. The average Bonchev–Trinajstić information content (AvgIpc) is 3.30. The molecular formula is C21H25N5S. The second kappa shape index (κ2) is 7.54. The van der Waals surface area contributed by atoms with Crippen LogP contribution in [-0.4, -0.2) is 50.7 Å². The summed E-state index contributed by atoms with van der Waals surface area (Å²) in [5.74, 6) is 0.785. The molecule has 0 aromatic carbocycles. The van der Waals surface area contributed by atoms with Crippen LogP contribution in [-0.2, 0) is 13.1 Å². The molecule has 0 saturated carbocycles. The maximum Gasteiger partial charge on any atom is 0.0749 e. The monoisotopic (exact) mass is 379 g/mol. The van der Waals surface area contributed by atoms with Gasteiger partial charge in [-0.2, -0.15) is 5.10 Å². The highest BCUT2D eigenvalue weighted by molar-refractivity contribution is 7.15. The van der Waals surface area contributed by atoms with Crippen molar-refractivity contribution in [2.75, 3.05) is 19.6 Å². The number of pyridine rings is 1. The summed E-state index contributed by atoms with van der Waals surface area (Å²) in [6.45, 7) is 5.71. The van der Waals surface area contributed by atoms with E-state index < -0.39 is 0 Å². The van der Waals surface area contributed by atoms with Gasteiger partial charge in [-0.05, 0) is 48.6 Å². The molecule has 3 saturated heterocycles. The lowest BCUT2D eigenvalue weighted by atomic mass is 9.95. The largest absolute Gasteiger partial charge is 0.297 e. The zero-order valence-electron chi connectivity index (χ0n) is 15.4. The second-order valence-corrected chi connectivity index (χ2v) is 8.99. The zero-order valence-corrected chi connectivity index (χ0v) is 16.2. The van der Waals surface area contributed by atoms with E-state index in [0.717, 1.165) is 24.7 Å². The van der Waals surface area contributed by atoms with E-state index in [9.17, 15) is 0 Å². The normalized spacial score (nSPS) is 23.6. The summed E-state index contributed by atoms with van der Waals surface area (Å²) in [5.41, 5.74) is 2.44. The molecule has 3 aromatic heterocycles. The molecular weight excluding hydrogens is 354 g/mol. The van der Waals surface area contributed by atoms with Crippen LogP contribution in [0.4, 0.5) is 0 Å². The molecule has 6 rings (SSSR count). The molecule has 140 valence electrons. The number of nitrogens with zero attached hydrogens (tertiary/aromatic N) is 4. The van der Waals surface area contributed by atoms with Crippen molar-refractivity contribution >= 4 is 11.3 Å². The first-order valence-corrected chi connectivity index (χ1v) is 10.6. The Morgan fingerprint density at radius 3 is 2.89 bits per heavy atom. The second-order valence-electron chi connectivity index (χ2n) is 7.82. The van der Waals surface area contributed by atoms with Gasteiger partial charge in [-0.25, -0.2) is 0 Å². The molecule has 2 atom stereocenters. The SMILES string of the molecule is c1cncc(CN2C[C@H]3CC[C@@H](C2)N(Cc2ccc(-c4ccn[nH]4)s2)C3)c1. The molecule has 0 unspecified atom stereocenters. The fraction of sp³-hybridized carbons (Fsp3) is 0.429. The van der Waals surface area contributed by atoms with Crippen molar-refractivity contribution in [1.82, 2.24) is 25.0 Å². The van der Waals surface area contributed by atoms with E-state index in [1.807, 2.05) is 42.1 Å². The molecule has 5 nitrogen and oxygen atoms in total. The van der Waals surface area contributed by atoms with Crippen LogP contribution in [0.2, 0.25) is 0 Å². The van der Waals surface area contributed by atoms with Crippen molar-refractivity contribution in [2.45, 2.75) is 32.0 Å². The molecule has 6 heterocycles. The van der Waals surface area contributed by atoms with Gasteiger partial charge in [0.1, 0.15) is 0 Å². The van der Waals surface area contributed by atoms with Gasteiger partial charge in [0.15, 0.2) is 0 Å². The van der Waals surface area contributed by atoms with E-state index in [-0.39, 0.29) is 0 Å². The first kappa shape index (κ1) is 17.1. The first-order chi connectivity index (χ1) is 13.3. The molecule has 0 radical (unpaired) electrons. The fourth-order valence-corrected chi connectivity index (χ4v) is 5.56. The van der Waals surface area contributed by atoms with Crippen molar-refractivity contribution in [3.63, 3.8) is 0 Å². The number of rotatable bonds is 5. The molecule has 2 bridgehead atoms. The smallest absolute Gasteiger partial charge is 0.0749 e. The average molecular weight is 380 g/mol. The van der Waals surface area contributed by atoms with Crippen LogP contribution >= 0.6 is 11.3 Å². The third-order valence-corrected chi connectivity index (χ3v) is 6.92.